The number of benzene rings is 1. The lowest BCUT2D eigenvalue weighted by Gasteiger charge is -2.17. The summed E-state index contributed by atoms with van der Waals surface area (Å²) in [7, 11) is 1.68. The first kappa shape index (κ1) is 11.1. The highest BCUT2D eigenvalue weighted by molar-refractivity contribution is 7.17. The number of fused-ring (bicyclic) bond motifs is 1. The molecule has 4 heteroatoms. The largest absolute Gasteiger partial charge is 0.384 e. The molecule has 0 aliphatic heterocycles. The standard InChI is InChI=1S/C12H13NO2S/c1-8(14)12(15)13(2)10-7-16-11-6-4-3-5-9(10)11/h3-8,14H,1-2H3. The second-order valence-corrected chi connectivity index (χ2v) is 4.60. The fraction of sp³-hybridized carbons (Fsp3) is 0.250. The molecular weight excluding hydrogens is 222 g/mol. The molecule has 2 rings (SSSR count). The molecule has 0 saturated heterocycles. The molecule has 1 amide bonds. The van der Waals surface area contributed by atoms with Crippen LogP contribution in [0.4, 0.5) is 5.69 Å². The molecule has 0 saturated carbocycles. The van der Waals surface area contributed by atoms with Crippen molar-refractivity contribution in [3.05, 3.63) is 29.6 Å². The molecule has 0 fully saturated rings. The van der Waals surface area contributed by atoms with Gasteiger partial charge < -0.3 is 10.0 Å². The fourth-order valence-corrected chi connectivity index (χ4v) is 2.60. The highest BCUT2D eigenvalue weighted by Gasteiger charge is 2.18. The molecule has 0 spiro atoms. The number of amides is 1. The van der Waals surface area contributed by atoms with E-state index in [0.717, 1.165) is 15.8 Å². The summed E-state index contributed by atoms with van der Waals surface area (Å²) in [5.41, 5.74) is 0.853. The third kappa shape index (κ3) is 1.81. The number of thiophene rings is 1. The van der Waals surface area contributed by atoms with Crippen LogP contribution in [-0.4, -0.2) is 24.2 Å². The van der Waals surface area contributed by atoms with Crippen LogP contribution in [0.25, 0.3) is 10.1 Å². The van der Waals surface area contributed by atoms with Gasteiger partial charge >= 0.3 is 0 Å². The summed E-state index contributed by atoms with van der Waals surface area (Å²) in [6.07, 6.45) is -0.969. The van der Waals surface area contributed by atoms with Crippen molar-refractivity contribution in [1.29, 1.82) is 0 Å². The molecule has 1 N–H and O–H groups in total. The molecule has 3 nitrogen and oxygen atoms in total. The van der Waals surface area contributed by atoms with Gasteiger partial charge in [0.25, 0.3) is 5.91 Å². The Morgan fingerprint density at radius 2 is 2.12 bits per heavy atom. The molecule has 16 heavy (non-hydrogen) atoms. The molecule has 1 heterocycles. The second kappa shape index (κ2) is 4.23. The lowest BCUT2D eigenvalue weighted by molar-refractivity contribution is -0.125. The second-order valence-electron chi connectivity index (χ2n) is 3.69. The van der Waals surface area contributed by atoms with Crippen LogP contribution < -0.4 is 4.90 Å². The summed E-state index contributed by atoms with van der Waals surface area (Å²) in [6, 6.07) is 7.91. The molecule has 0 bridgehead atoms. The lowest BCUT2D eigenvalue weighted by atomic mass is 10.2. The Labute approximate surface area is 97.9 Å². The summed E-state index contributed by atoms with van der Waals surface area (Å²) in [5.74, 6) is -0.288. The Kier molecular flexibility index (Phi) is 2.94. The molecule has 0 aliphatic carbocycles. The van der Waals surface area contributed by atoms with Crippen molar-refractivity contribution in [2.75, 3.05) is 11.9 Å². The SMILES string of the molecule is CC(O)C(=O)N(C)c1csc2ccccc12. The van der Waals surface area contributed by atoms with Gasteiger partial charge in [-0.1, -0.05) is 18.2 Å². The van der Waals surface area contributed by atoms with E-state index in [9.17, 15) is 9.90 Å². The average molecular weight is 235 g/mol. The van der Waals surface area contributed by atoms with E-state index in [0.29, 0.717) is 0 Å². The Bertz CT molecular complexity index is 518. The van der Waals surface area contributed by atoms with Gasteiger partial charge in [0.1, 0.15) is 6.10 Å². The Balaban J connectivity index is 2.44. The van der Waals surface area contributed by atoms with Crippen molar-refractivity contribution in [3.8, 4) is 0 Å². The van der Waals surface area contributed by atoms with E-state index in [1.165, 1.54) is 11.8 Å². The van der Waals surface area contributed by atoms with E-state index in [2.05, 4.69) is 0 Å². The lowest BCUT2D eigenvalue weighted by Crippen LogP contribution is -2.34. The maximum absolute atomic E-state index is 11.7. The number of rotatable bonds is 2. The Morgan fingerprint density at radius 1 is 1.44 bits per heavy atom. The summed E-state index contributed by atoms with van der Waals surface area (Å²) in [5, 5.41) is 12.3. The van der Waals surface area contributed by atoms with Gasteiger partial charge in [0.2, 0.25) is 0 Å². The topological polar surface area (TPSA) is 40.5 Å². The van der Waals surface area contributed by atoms with E-state index in [1.807, 2.05) is 29.6 Å². The zero-order valence-corrected chi connectivity index (χ0v) is 9.99. The smallest absolute Gasteiger partial charge is 0.255 e. The van der Waals surface area contributed by atoms with Gasteiger partial charge in [-0.25, -0.2) is 0 Å². The van der Waals surface area contributed by atoms with Gasteiger partial charge in [0.15, 0.2) is 0 Å². The number of hydrogen-bond donors (Lipinski definition) is 1. The number of aliphatic hydroxyl groups excluding tert-OH is 1. The van der Waals surface area contributed by atoms with Gasteiger partial charge in [-0.2, -0.15) is 0 Å². The van der Waals surface area contributed by atoms with E-state index in [-0.39, 0.29) is 5.91 Å². The van der Waals surface area contributed by atoms with Gasteiger partial charge in [0, 0.05) is 22.5 Å². The summed E-state index contributed by atoms with van der Waals surface area (Å²) < 4.78 is 1.14. The average Bonchev–Trinajstić information content (AvgIpc) is 2.70. The molecule has 1 atom stereocenters. The normalized spacial score (nSPS) is 12.7. The molecule has 0 aliphatic rings. The highest BCUT2D eigenvalue weighted by Crippen LogP contribution is 2.32. The number of hydrogen-bond acceptors (Lipinski definition) is 3. The number of carbonyl (C=O) groups excluding carboxylic acids is 1. The van der Waals surface area contributed by atoms with Crippen molar-refractivity contribution >= 4 is 33.0 Å². The fourth-order valence-electron chi connectivity index (χ4n) is 1.62. The first-order valence-corrected chi connectivity index (χ1v) is 5.91. The van der Waals surface area contributed by atoms with Crippen LogP contribution in [0, 0.1) is 0 Å². The summed E-state index contributed by atoms with van der Waals surface area (Å²) in [4.78, 5) is 13.2. The maximum Gasteiger partial charge on any atom is 0.255 e. The number of nitrogens with zero attached hydrogens (tertiary/aromatic N) is 1. The maximum atomic E-state index is 11.7. The van der Waals surface area contributed by atoms with E-state index in [1.54, 1.807) is 18.4 Å². The third-order valence-corrected chi connectivity index (χ3v) is 3.46. The van der Waals surface area contributed by atoms with Crippen molar-refractivity contribution in [3.63, 3.8) is 0 Å². The van der Waals surface area contributed by atoms with Crippen LogP contribution in [0.5, 0.6) is 0 Å². The monoisotopic (exact) mass is 235 g/mol. The molecule has 1 aromatic carbocycles. The van der Waals surface area contributed by atoms with Crippen LogP contribution in [-0.2, 0) is 4.79 Å². The van der Waals surface area contributed by atoms with Crippen molar-refractivity contribution in [1.82, 2.24) is 0 Å². The van der Waals surface area contributed by atoms with E-state index in [4.69, 9.17) is 0 Å². The van der Waals surface area contributed by atoms with Crippen LogP contribution in [0.15, 0.2) is 29.6 Å². The summed E-state index contributed by atoms with van der Waals surface area (Å²) >= 11 is 1.60. The molecule has 1 unspecified atom stereocenters. The van der Waals surface area contributed by atoms with Gasteiger partial charge in [0.05, 0.1) is 5.69 Å². The first-order chi connectivity index (χ1) is 7.61. The van der Waals surface area contributed by atoms with Crippen LogP contribution in [0.1, 0.15) is 6.92 Å². The van der Waals surface area contributed by atoms with E-state index >= 15 is 0 Å². The summed E-state index contributed by atoms with van der Waals surface area (Å²) in [6.45, 7) is 1.48. The minimum atomic E-state index is -0.969. The van der Waals surface area contributed by atoms with Crippen LogP contribution in [0.3, 0.4) is 0 Å². The van der Waals surface area contributed by atoms with Crippen LogP contribution in [0.2, 0.25) is 0 Å². The highest BCUT2D eigenvalue weighted by atomic mass is 32.1. The quantitative estimate of drug-likeness (QED) is 0.867. The van der Waals surface area contributed by atoms with Gasteiger partial charge in [-0.3, -0.25) is 4.79 Å². The Hall–Kier alpha value is -1.39. The van der Waals surface area contributed by atoms with Crippen LogP contribution >= 0.6 is 11.3 Å². The number of carbonyl (C=O) groups is 1. The zero-order chi connectivity index (χ0) is 11.7. The minimum absolute atomic E-state index is 0.288. The van der Waals surface area contributed by atoms with Gasteiger partial charge in [-0.15, -0.1) is 11.3 Å². The first-order valence-electron chi connectivity index (χ1n) is 5.03. The number of likely N-dealkylation sites (N-methyl/N-ethyl adjacent to an activating group) is 1. The zero-order valence-electron chi connectivity index (χ0n) is 9.18. The van der Waals surface area contributed by atoms with Crippen molar-refractivity contribution in [2.24, 2.45) is 0 Å². The number of aliphatic hydroxyl groups is 1. The molecule has 2 aromatic rings. The number of anilines is 1. The third-order valence-electron chi connectivity index (χ3n) is 2.51. The van der Waals surface area contributed by atoms with Crippen molar-refractivity contribution in [2.45, 2.75) is 13.0 Å². The molecule has 84 valence electrons. The molecular formula is C12H13NO2S. The predicted molar refractivity (Wildman–Crippen MR) is 66.9 cm³/mol. The van der Waals surface area contributed by atoms with E-state index < -0.39 is 6.10 Å². The Morgan fingerprint density at radius 3 is 2.81 bits per heavy atom. The minimum Gasteiger partial charge on any atom is -0.384 e. The van der Waals surface area contributed by atoms with Gasteiger partial charge in [-0.05, 0) is 13.0 Å². The molecule has 1 aromatic heterocycles. The molecule has 0 radical (unpaired) electrons. The predicted octanol–water partition coefficient (Wildman–Crippen LogP) is 2.24. The van der Waals surface area contributed by atoms with Crippen molar-refractivity contribution < 1.29 is 9.90 Å².